The van der Waals surface area contributed by atoms with Gasteiger partial charge in [-0.25, -0.2) is 0 Å². The number of nitrogens with zero attached hydrogens (tertiary/aromatic N) is 3. The van der Waals surface area contributed by atoms with E-state index in [0.29, 0.717) is 17.3 Å². The molecule has 0 aliphatic carbocycles. The number of aliphatic hydroxyl groups is 1. The van der Waals surface area contributed by atoms with Gasteiger partial charge in [0.25, 0.3) is 0 Å². The molecule has 1 atom stereocenters. The van der Waals surface area contributed by atoms with Crippen LogP contribution >= 0.6 is 11.6 Å². The fraction of sp³-hybridized carbons (Fsp3) is 0.667. The van der Waals surface area contributed by atoms with Gasteiger partial charge in [-0.15, -0.1) is 0 Å². The second-order valence-corrected chi connectivity index (χ2v) is 5.33. The summed E-state index contributed by atoms with van der Waals surface area (Å²) in [6.45, 7) is 4.88. The zero-order valence-corrected chi connectivity index (χ0v) is 12.0. The fourth-order valence-electron chi connectivity index (χ4n) is 1.51. The lowest BCUT2D eigenvalue weighted by Gasteiger charge is -2.15. The second-order valence-electron chi connectivity index (χ2n) is 4.92. The van der Waals surface area contributed by atoms with Crippen molar-refractivity contribution in [2.75, 3.05) is 20.6 Å². The topological polar surface area (TPSA) is 58.4 Å². The molecule has 1 aromatic heterocycles. The van der Waals surface area contributed by atoms with Crippen LogP contribution in [0.3, 0.4) is 0 Å². The minimum absolute atomic E-state index is 0.147. The van der Waals surface area contributed by atoms with Crippen LogP contribution in [0.25, 0.3) is 0 Å². The van der Waals surface area contributed by atoms with Gasteiger partial charge >= 0.3 is 0 Å². The number of carbonyl (C=O) groups excluding carboxylic acids is 1. The molecule has 0 spiro atoms. The van der Waals surface area contributed by atoms with Gasteiger partial charge in [-0.3, -0.25) is 9.48 Å². The lowest BCUT2D eigenvalue weighted by molar-refractivity contribution is 0.0635. The number of aromatic nitrogens is 2. The first kappa shape index (κ1) is 15.1. The number of likely N-dealkylation sites (N-methyl/N-ethyl adjacent to an activating group) is 1. The summed E-state index contributed by atoms with van der Waals surface area (Å²) in [5, 5.41) is 14.2. The van der Waals surface area contributed by atoms with Crippen molar-refractivity contribution in [1.82, 2.24) is 14.7 Å². The van der Waals surface area contributed by atoms with E-state index < -0.39 is 6.10 Å². The van der Waals surface area contributed by atoms with Gasteiger partial charge in [-0.05, 0) is 20.0 Å². The molecule has 0 aliphatic heterocycles. The highest BCUT2D eigenvalue weighted by molar-refractivity contribution is 6.33. The first-order valence-electron chi connectivity index (χ1n) is 5.93. The highest BCUT2D eigenvalue weighted by Crippen LogP contribution is 2.19. The van der Waals surface area contributed by atoms with Crippen molar-refractivity contribution < 1.29 is 9.90 Å². The Bertz CT molecular complexity index is 415. The Hall–Kier alpha value is -0.910. The van der Waals surface area contributed by atoms with Crippen LogP contribution in [0.5, 0.6) is 0 Å². The lowest BCUT2D eigenvalue weighted by Crippen LogP contribution is -2.30. The van der Waals surface area contributed by atoms with Crippen molar-refractivity contribution >= 4 is 17.4 Å². The van der Waals surface area contributed by atoms with Gasteiger partial charge in [-0.1, -0.05) is 25.4 Å². The first-order valence-corrected chi connectivity index (χ1v) is 6.30. The molecule has 0 saturated heterocycles. The number of halogens is 1. The maximum Gasteiger partial charge on any atom is 0.211 e. The van der Waals surface area contributed by atoms with Crippen molar-refractivity contribution in [2.45, 2.75) is 26.5 Å². The normalized spacial score (nSPS) is 13.3. The van der Waals surface area contributed by atoms with Crippen LogP contribution < -0.4 is 0 Å². The lowest BCUT2D eigenvalue weighted by atomic mass is 10.0. The molecule has 0 aliphatic rings. The summed E-state index contributed by atoms with van der Waals surface area (Å²) in [5.74, 6) is -0.517. The Morgan fingerprint density at radius 3 is 2.67 bits per heavy atom. The molecular weight excluding hydrogens is 254 g/mol. The van der Waals surface area contributed by atoms with Gasteiger partial charge in [0.2, 0.25) is 5.78 Å². The van der Waals surface area contributed by atoms with Crippen molar-refractivity contribution in [1.29, 1.82) is 0 Å². The molecule has 102 valence electrons. The first-order chi connectivity index (χ1) is 8.34. The number of rotatable bonds is 6. The summed E-state index contributed by atoms with van der Waals surface area (Å²) in [4.78, 5) is 14.1. The van der Waals surface area contributed by atoms with E-state index >= 15 is 0 Å². The molecule has 5 nitrogen and oxygen atoms in total. The molecule has 0 bridgehead atoms. The Morgan fingerprint density at radius 2 is 2.17 bits per heavy atom. The minimum Gasteiger partial charge on any atom is -0.385 e. The van der Waals surface area contributed by atoms with E-state index in [9.17, 15) is 9.90 Å². The zero-order valence-electron chi connectivity index (χ0n) is 11.2. The number of carbonyl (C=O) groups is 1. The minimum atomic E-state index is -1.04. The van der Waals surface area contributed by atoms with Crippen molar-refractivity contribution in [3.8, 4) is 0 Å². The van der Waals surface area contributed by atoms with Gasteiger partial charge in [0.1, 0.15) is 11.8 Å². The Kier molecular flexibility index (Phi) is 5.31. The monoisotopic (exact) mass is 273 g/mol. The van der Waals surface area contributed by atoms with Crippen molar-refractivity contribution in [3.63, 3.8) is 0 Å². The number of hydrogen-bond donors (Lipinski definition) is 1. The third-order valence-corrected chi connectivity index (χ3v) is 2.96. The highest BCUT2D eigenvalue weighted by atomic mass is 35.5. The molecule has 1 N–H and O–H groups in total. The van der Waals surface area contributed by atoms with Crippen molar-refractivity contribution in [3.05, 3.63) is 16.9 Å². The van der Waals surface area contributed by atoms with E-state index in [-0.39, 0.29) is 11.7 Å². The van der Waals surface area contributed by atoms with Crippen molar-refractivity contribution in [2.24, 2.45) is 5.92 Å². The number of hydrogen-bond acceptors (Lipinski definition) is 4. The van der Waals surface area contributed by atoms with Crippen LogP contribution in [0.4, 0.5) is 0 Å². The summed E-state index contributed by atoms with van der Waals surface area (Å²) in [6, 6.07) is 0. The zero-order chi connectivity index (χ0) is 13.9. The second kappa shape index (κ2) is 6.31. The maximum atomic E-state index is 12.1. The Labute approximate surface area is 112 Å². The predicted octanol–water partition coefficient (Wildman–Crippen LogP) is 1.30. The van der Waals surface area contributed by atoms with E-state index in [0.717, 1.165) is 6.54 Å². The third kappa shape index (κ3) is 3.54. The molecule has 0 saturated carbocycles. The molecule has 0 fully saturated rings. The summed E-state index contributed by atoms with van der Waals surface area (Å²) in [5.41, 5.74) is 0.291. The van der Waals surface area contributed by atoms with Gasteiger partial charge < -0.3 is 10.0 Å². The van der Waals surface area contributed by atoms with Crippen LogP contribution in [0.2, 0.25) is 5.02 Å². The Balaban J connectivity index is 2.93. The quantitative estimate of drug-likeness (QED) is 0.794. The number of ketones is 1. The maximum absolute atomic E-state index is 12.1. The molecule has 1 unspecified atom stereocenters. The molecule has 18 heavy (non-hydrogen) atoms. The van der Waals surface area contributed by atoms with Gasteiger partial charge in [-0.2, -0.15) is 5.10 Å². The van der Waals surface area contributed by atoms with Crippen LogP contribution in [-0.4, -0.2) is 52.3 Å². The van der Waals surface area contributed by atoms with Crippen LogP contribution in [-0.2, 0) is 6.54 Å². The molecule has 0 amide bonds. The summed E-state index contributed by atoms with van der Waals surface area (Å²) < 4.78 is 1.55. The number of Topliss-reactive ketones (excluding diaryl/α,β-unsaturated/α-hetero) is 1. The summed E-state index contributed by atoms with van der Waals surface area (Å²) in [6.07, 6.45) is 0.398. The van der Waals surface area contributed by atoms with E-state index in [4.69, 9.17) is 11.6 Å². The summed E-state index contributed by atoms with van der Waals surface area (Å²) in [7, 11) is 3.88. The molecule has 6 heteroatoms. The third-order valence-electron chi connectivity index (χ3n) is 2.69. The van der Waals surface area contributed by atoms with Gasteiger partial charge in [0, 0.05) is 6.54 Å². The van der Waals surface area contributed by atoms with Crippen LogP contribution in [0.1, 0.15) is 24.3 Å². The highest BCUT2D eigenvalue weighted by Gasteiger charge is 2.26. The van der Waals surface area contributed by atoms with Gasteiger partial charge in [0.15, 0.2) is 0 Å². The standard InChI is InChI=1S/C12H20ClN3O2/c1-8(2)11(17)12(18)10-9(13)7-14-16(10)6-5-15(3)4/h7-8,11,17H,5-6H2,1-4H3. The van der Waals surface area contributed by atoms with E-state index in [2.05, 4.69) is 5.10 Å². The predicted molar refractivity (Wildman–Crippen MR) is 71.0 cm³/mol. The smallest absolute Gasteiger partial charge is 0.211 e. The Morgan fingerprint density at radius 1 is 1.56 bits per heavy atom. The molecule has 1 rings (SSSR count). The molecule has 0 aromatic carbocycles. The SMILES string of the molecule is CC(C)C(O)C(=O)c1c(Cl)cnn1CCN(C)C. The van der Waals surface area contributed by atoms with Crippen LogP contribution in [0, 0.1) is 5.92 Å². The van der Waals surface area contributed by atoms with Crippen LogP contribution in [0.15, 0.2) is 6.20 Å². The largest absolute Gasteiger partial charge is 0.385 e. The van der Waals surface area contributed by atoms with E-state index in [1.54, 1.807) is 18.5 Å². The fourth-order valence-corrected chi connectivity index (χ4v) is 1.75. The average molecular weight is 274 g/mol. The van der Waals surface area contributed by atoms with Gasteiger partial charge in [0.05, 0.1) is 17.8 Å². The number of aliphatic hydroxyl groups excluding tert-OH is 1. The molecular formula is C12H20ClN3O2. The molecule has 0 radical (unpaired) electrons. The summed E-state index contributed by atoms with van der Waals surface area (Å²) >= 11 is 5.98. The average Bonchev–Trinajstić information content (AvgIpc) is 2.65. The molecule has 1 aromatic rings. The van der Waals surface area contributed by atoms with E-state index in [1.165, 1.54) is 6.20 Å². The molecule has 1 heterocycles. The van der Waals surface area contributed by atoms with E-state index in [1.807, 2.05) is 19.0 Å².